The van der Waals surface area contributed by atoms with Crippen molar-refractivity contribution >= 4 is 5.91 Å². The molecule has 1 N–H and O–H groups in total. The van der Waals surface area contributed by atoms with Crippen LogP contribution >= 0.6 is 0 Å². The largest absolute Gasteiger partial charge is 0.395 e. The van der Waals surface area contributed by atoms with Crippen LogP contribution in [0.25, 0.3) is 0 Å². The molecule has 1 aromatic carbocycles. The van der Waals surface area contributed by atoms with Crippen LogP contribution < -0.4 is 0 Å². The normalized spacial score (nSPS) is 16.2. The summed E-state index contributed by atoms with van der Waals surface area (Å²) in [4.78, 5) is 16.6. The average Bonchev–Trinajstić information content (AvgIpc) is 2.54. The van der Waals surface area contributed by atoms with Crippen molar-refractivity contribution in [1.29, 1.82) is 0 Å². The van der Waals surface area contributed by atoms with E-state index in [9.17, 15) is 4.79 Å². The quantitative estimate of drug-likeness (QED) is 0.868. The van der Waals surface area contributed by atoms with Gasteiger partial charge in [0.05, 0.1) is 6.61 Å². The molecule has 1 saturated heterocycles. The highest BCUT2D eigenvalue weighted by molar-refractivity contribution is 5.94. The van der Waals surface area contributed by atoms with Crippen molar-refractivity contribution in [1.82, 2.24) is 9.80 Å². The molecular weight excluding hydrogens is 264 g/mol. The van der Waals surface area contributed by atoms with E-state index in [1.807, 2.05) is 17.0 Å². The lowest BCUT2D eigenvalue weighted by Gasteiger charge is -2.34. The third kappa shape index (κ3) is 4.55. The predicted octanol–water partition coefficient (Wildman–Crippen LogP) is 1.78. The van der Waals surface area contributed by atoms with Crippen LogP contribution in [0, 0.1) is 0 Å². The number of carbonyl (C=O) groups is 1. The van der Waals surface area contributed by atoms with Crippen molar-refractivity contribution in [2.24, 2.45) is 0 Å². The maximum Gasteiger partial charge on any atom is 0.253 e. The van der Waals surface area contributed by atoms with Gasteiger partial charge in [0, 0.05) is 38.3 Å². The minimum Gasteiger partial charge on any atom is -0.395 e. The van der Waals surface area contributed by atoms with E-state index in [4.69, 9.17) is 5.11 Å². The van der Waals surface area contributed by atoms with Crippen LogP contribution in [0.5, 0.6) is 0 Å². The number of benzene rings is 1. The fraction of sp³-hybridized carbons (Fsp3) is 0.588. The van der Waals surface area contributed by atoms with Crippen molar-refractivity contribution in [2.75, 3.05) is 39.3 Å². The molecule has 2 rings (SSSR count). The molecule has 21 heavy (non-hydrogen) atoms. The Balaban J connectivity index is 1.88. The van der Waals surface area contributed by atoms with E-state index in [0.29, 0.717) is 6.54 Å². The number of aliphatic hydroxyl groups is 1. The summed E-state index contributed by atoms with van der Waals surface area (Å²) in [6.07, 6.45) is 3.48. The third-order valence-corrected chi connectivity index (χ3v) is 4.10. The Labute approximate surface area is 127 Å². The number of aryl methyl sites for hydroxylation is 1. The third-order valence-electron chi connectivity index (χ3n) is 4.10. The Morgan fingerprint density at radius 1 is 1.14 bits per heavy atom. The van der Waals surface area contributed by atoms with Crippen molar-refractivity contribution in [3.05, 3.63) is 35.4 Å². The first kappa shape index (κ1) is 16.0. The van der Waals surface area contributed by atoms with Crippen molar-refractivity contribution in [3.8, 4) is 0 Å². The second-order valence-corrected chi connectivity index (χ2v) is 5.66. The predicted molar refractivity (Wildman–Crippen MR) is 84.5 cm³/mol. The number of piperazine rings is 1. The number of carbonyl (C=O) groups excluding carboxylic acids is 1. The summed E-state index contributed by atoms with van der Waals surface area (Å²) in [6.45, 7) is 6.27. The topological polar surface area (TPSA) is 43.8 Å². The Hall–Kier alpha value is -1.39. The molecule has 1 heterocycles. The standard InChI is InChI=1S/C17H26N2O2/c1-2-3-4-15-5-7-16(8-6-15)17(21)19-11-9-18(10-12-19)13-14-20/h5-8,20H,2-4,9-14H2,1H3. The van der Waals surface area contributed by atoms with Gasteiger partial charge in [-0.2, -0.15) is 0 Å². The van der Waals surface area contributed by atoms with E-state index in [0.717, 1.165) is 38.2 Å². The maximum atomic E-state index is 12.4. The zero-order valence-electron chi connectivity index (χ0n) is 12.9. The molecule has 116 valence electrons. The summed E-state index contributed by atoms with van der Waals surface area (Å²) in [5, 5.41) is 8.94. The lowest BCUT2D eigenvalue weighted by molar-refractivity contribution is 0.0615. The van der Waals surface area contributed by atoms with Gasteiger partial charge in [0.1, 0.15) is 0 Å². The number of amides is 1. The minimum absolute atomic E-state index is 0.126. The monoisotopic (exact) mass is 290 g/mol. The van der Waals surface area contributed by atoms with E-state index in [1.54, 1.807) is 0 Å². The Bertz CT molecular complexity index is 437. The highest BCUT2D eigenvalue weighted by Gasteiger charge is 2.21. The molecule has 0 atom stereocenters. The summed E-state index contributed by atoms with van der Waals surface area (Å²) in [6, 6.07) is 8.05. The van der Waals surface area contributed by atoms with E-state index in [2.05, 4.69) is 24.0 Å². The molecule has 4 nitrogen and oxygen atoms in total. The molecule has 0 saturated carbocycles. The Morgan fingerprint density at radius 3 is 2.38 bits per heavy atom. The molecule has 1 fully saturated rings. The average molecular weight is 290 g/mol. The minimum atomic E-state index is 0.126. The van der Waals surface area contributed by atoms with Gasteiger partial charge in [-0.05, 0) is 30.5 Å². The molecule has 1 aliphatic rings. The second-order valence-electron chi connectivity index (χ2n) is 5.66. The fourth-order valence-corrected chi connectivity index (χ4v) is 2.69. The highest BCUT2D eigenvalue weighted by Crippen LogP contribution is 2.12. The number of nitrogens with zero attached hydrogens (tertiary/aromatic N) is 2. The zero-order chi connectivity index (χ0) is 15.1. The van der Waals surface area contributed by atoms with Gasteiger partial charge < -0.3 is 10.0 Å². The smallest absolute Gasteiger partial charge is 0.253 e. The number of aliphatic hydroxyl groups excluding tert-OH is 1. The number of hydrogen-bond donors (Lipinski definition) is 1. The molecule has 4 heteroatoms. The molecule has 1 amide bonds. The van der Waals surface area contributed by atoms with Crippen LogP contribution in [0.1, 0.15) is 35.7 Å². The molecule has 0 bridgehead atoms. The van der Waals surface area contributed by atoms with E-state index < -0.39 is 0 Å². The summed E-state index contributed by atoms with van der Waals surface area (Å²) in [7, 11) is 0. The van der Waals surface area contributed by atoms with Crippen LogP contribution in [-0.2, 0) is 6.42 Å². The van der Waals surface area contributed by atoms with Gasteiger partial charge in [-0.3, -0.25) is 9.69 Å². The Kier molecular flexibility index (Phi) is 6.21. The number of hydrogen-bond acceptors (Lipinski definition) is 3. The lowest BCUT2D eigenvalue weighted by Crippen LogP contribution is -2.49. The molecule has 0 unspecified atom stereocenters. The molecule has 1 aliphatic heterocycles. The van der Waals surface area contributed by atoms with Crippen LogP contribution in [0.2, 0.25) is 0 Å². The first-order chi connectivity index (χ1) is 10.2. The van der Waals surface area contributed by atoms with E-state index in [-0.39, 0.29) is 12.5 Å². The fourth-order valence-electron chi connectivity index (χ4n) is 2.69. The van der Waals surface area contributed by atoms with Gasteiger partial charge >= 0.3 is 0 Å². The Morgan fingerprint density at radius 2 is 1.81 bits per heavy atom. The van der Waals surface area contributed by atoms with Gasteiger partial charge in [-0.1, -0.05) is 25.5 Å². The molecular formula is C17H26N2O2. The highest BCUT2D eigenvalue weighted by atomic mass is 16.3. The van der Waals surface area contributed by atoms with Crippen LogP contribution in [0.4, 0.5) is 0 Å². The molecule has 1 aromatic rings. The van der Waals surface area contributed by atoms with Crippen molar-refractivity contribution in [2.45, 2.75) is 26.2 Å². The van der Waals surface area contributed by atoms with Gasteiger partial charge in [0.25, 0.3) is 5.91 Å². The van der Waals surface area contributed by atoms with Crippen LogP contribution in [0.3, 0.4) is 0 Å². The van der Waals surface area contributed by atoms with E-state index >= 15 is 0 Å². The molecule has 0 spiro atoms. The lowest BCUT2D eigenvalue weighted by atomic mass is 10.1. The van der Waals surface area contributed by atoms with Crippen molar-refractivity contribution in [3.63, 3.8) is 0 Å². The number of unbranched alkanes of at least 4 members (excludes halogenated alkanes) is 1. The summed E-state index contributed by atoms with van der Waals surface area (Å²) in [5.74, 6) is 0.126. The molecule has 0 radical (unpaired) electrons. The van der Waals surface area contributed by atoms with Crippen molar-refractivity contribution < 1.29 is 9.90 Å². The van der Waals surface area contributed by atoms with E-state index in [1.165, 1.54) is 18.4 Å². The van der Waals surface area contributed by atoms with Gasteiger partial charge in [-0.15, -0.1) is 0 Å². The first-order valence-electron chi connectivity index (χ1n) is 7.96. The maximum absolute atomic E-state index is 12.4. The molecule has 0 aromatic heterocycles. The van der Waals surface area contributed by atoms with Gasteiger partial charge in [0.15, 0.2) is 0 Å². The second kappa shape index (κ2) is 8.15. The number of β-amino-alcohol motifs (C(OH)–C–C–N with tert-alkyl or cyclic N) is 1. The molecule has 0 aliphatic carbocycles. The number of rotatable bonds is 6. The summed E-state index contributed by atoms with van der Waals surface area (Å²) >= 11 is 0. The van der Waals surface area contributed by atoms with Crippen LogP contribution in [0.15, 0.2) is 24.3 Å². The van der Waals surface area contributed by atoms with Gasteiger partial charge in [0.2, 0.25) is 0 Å². The first-order valence-corrected chi connectivity index (χ1v) is 7.96. The summed E-state index contributed by atoms with van der Waals surface area (Å²) < 4.78 is 0. The summed E-state index contributed by atoms with van der Waals surface area (Å²) in [5.41, 5.74) is 2.09. The van der Waals surface area contributed by atoms with Crippen LogP contribution in [-0.4, -0.2) is 60.1 Å². The zero-order valence-corrected chi connectivity index (χ0v) is 12.9. The van der Waals surface area contributed by atoms with Gasteiger partial charge in [-0.25, -0.2) is 0 Å². The SMILES string of the molecule is CCCCc1ccc(C(=O)N2CCN(CCO)CC2)cc1.